The largest absolute Gasteiger partial charge is 0.339 e. The molecule has 1 aliphatic heterocycles. The fourth-order valence-electron chi connectivity index (χ4n) is 2.75. The second-order valence-electron chi connectivity index (χ2n) is 5.51. The molecule has 1 fully saturated rings. The van der Waals surface area contributed by atoms with E-state index in [0.29, 0.717) is 23.4 Å². The number of piperidine rings is 1. The summed E-state index contributed by atoms with van der Waals surface area (Å²) in [4.78, 5) is 33.2. The van der Waals surface area contributed by atoms with Crippen molar-refractivity contribution in [3.05, 3.63) is 21.6 Å². The fraction of sp³-hybridized carbons (Fsp3) is 0.667. The predicted octanol–water partition coefficient (Wildman–Crippen LogP) is 2.13. The Bertz CT molecular complexity index is 571. The highest BCUT2D eigenvalue weighted by molar-refractivity contribution is 7.99. The number of hydrogen-bond donors (Lipinski definition) is 1. The third-order valence-corrected chi connectivity index (χ3v) is 4.87. The van der Waals surface area contributed by atoms with Crippen LogP contribution in [0.2, 0.25) is 0 Å². The maximum Gasteiger partial charge on any atom is 0.254 e. The lowest BCUT2D eigenvalue weighted by molar-refractivity contribution is -0.131. The van der Waals surface area contributed by atoms with Crippen molar-refractivity contribution in [2.45, 2.75) is 57.7 Å². The van der Waals surface area contributed by atoms with Gasteiger partial charge < -0.3 is 9.88 Å². The molecule has 2 heterocycles. The minimum absolute atomic E-state index is 0.0914. The standard InChI is InChI=1S/C15H23N3O2S/c1-4-12-11(3)16-15(17-14(12)20)21-9-13(19)18-8-6-5-7-10(18)2/h10H,4-9H2,1-3H3,(H,16,17,20)/t10-/m0/s1. The predicted molar refractivity (Wildman–Crippen MR) is 84.7 cm³/mol. The molecular formula is C15H23N3O2S. The number of carbonyl (C=O) groups is 1. The molecule has 0 aliphatic carbocycles. The van der Waals surface area contributed by atoms with Gasteiger partial charge in [0.2, 0.25) is 5.91 Å². The van der Waals surface area contributed by atoms with Crippen molar-refractivity contribution in [2.24, 2.45) is 0 Å². The number of aryl methyl sites for hydroxylation is 1. The SMILES string of the molecule is CCc1c(C)nc(SCC(=O)N2CCCC[C@@H]2C)[nH]c1=O. The lowest BCUT2D eigenvalue weighted by Crippen LogP contribution is -2.43. The van der Waals surface area contributed by atoms with E-state index in [1.165, 1.54) is 18.2 Å². The molecule has 1 aromatic rings. The second-order valence-corrected chi connectivity index (χ2v) is 6.47. The van der Waals surface area contributed by atoms with Crippen molar-refractivity contribution in [3.8, 4) is 0 Å². The minimum atomic E-state index is -0.0914. The molecule has 0 saturated carbocycles. The van der Waals surface area contributed by atoms with Gasteiger partial charge in [0.1, 0.15) is 0 Å². The van der Waals surface area contributed by atoms with E-state index in [1.54, 1.807) is 0 Å². The zero-order chi connectivity index (χ0) is 15.4. The number of likely N-dealkylation sites (tertiary alicyclic amines) is 1. The molecular weight excluding hydrogens is 286 g/mol. The zero-order valence-electron chi connectivity index (χ0n) is 12.9. The Morgan fingerprint density at radius 3 is 2.86 bits per heavy atom. The first-order valence-electron chi connectivity index (χ1n) is 7.55. The van der Waals surface area contributed by atoms with Gasteiger partial charge in [0.25, 0.3) is 5.56 Å². The summed E-state index contributed by atoms with van der Waals surface area (Å²) < 4.78 is 0. The van der Waals surface area contributed by atoms with Crippen molar-refractivity contribution >= 4 is 17.7 Å². The van der Waals surface area contributed by atoms with Gasteiger partial charge in [-0.15, -0.1) is 0 Å². The summed E-state index contributed by atoms with van der Waals surface area (Å²) in [7, 11) is 0. The number of carbonyl (C=O) groups excluding carboxylic acids is 1. The summed E-state index contributed by atoms with van der Waals surface area (Å²) in [6, 6.07) is 0.322. The Hall–Kier alpha value is -1.30. The van der Waals surface area contributed by atoms with E-state index in [4.69, 9.17) is 0 Å². The van der Waals surface area contributed by atoms with Gasteiger partial charge in [-0.05, 0) is 39.5 Å². The molecule has 1 atom stereocenters. The molecule has 1 amide bonds. The quantitative estimate of drug-likeness (QED) is 0.683. The molecule has 0 spiro atoms. The van der Waals surface area contributed by atoms with E-state index in [9.17, 15) is 9.59 Å². The Kier molecular flexibility index (Phi) is 5.45. The normalized spacial score (nSPS) is 18.8. The summed E-state index contributed by atoms with van der Waals surface area (Å²) in [5.41, 5.74) is 1.38. The average molecular weight is 309 g/mol. The number of rotatable bonds is 4. The highest BCUT2D eigenvalue weighted by atomic mass is 32.2. The number of nitrogens with zero attached hydrogens (tertiary/aromatic N) is 2. The minimum Gasteiger partial charge on any atom is -0.339 e. The number of aromatic nitrogens is 2. The van der Waals surface area contributed by atoms with Gasteiger partial charge >= 0.3 is 0 Å². The number of amides is 1. The molecule has 1 aromatic heterocycles. The van der Waals surface area contributed by atoms with Crippen molar-refractivity contribution in [1.82, 2.24) is 14.9 Å². The zero-order valence-corrected chi connectivity index (χ0v) is 13.8. The molecule has 6 heteroatoms. The number of aromatic amines is 1. The fourth-order valence-corrected chi connectivity index (χ4v) is 3.54. The van der Waals surface area contributed by atoms with Crippen LogP contribution in [0.4, 0.5) is 0 Å². The van der Waals surface area contributed by atoms with E-state index in [0.717, 1.165) is 30.6 Å². The molecule has 5 nitrogen and oxygen atoms in total. The summed E-state index contributed by atoms with van der Waals surface area (Å²) in [6.45, 7) is 6.72. The molecule has 116 valence electrons. The van der Waals surface area contributed by atoms with Crippen molar-refractivity contribution in [3.63, 3.8) is 0 Å². The first-order valence-corrected chi connectivity index (χ1v) is 8.53. The smallest absolute Gasteiger partial charge is 0.254 e. The van der Waals surface area contributed by atoms with Crippen LogP contribution in [0.3, 0.4) is 0 Å². The molecule has 1 saturated heterocycles. The van der Waals surface area contributed by atoms with E-state index in [2.05, 4.69) is 16.9 Å². The summed E-state index contributed by atoms with van der Waals surface area (Å²) in [5, 5.41) is 0.535. The van der Waals surface area contributed by atoms with Crippen molar-refractivity contribution in [1.29, 1.82) is 0 Å². The van der Waals surface area contributed by atoms with Crippen LogP contribution in [0, 0.1) is 6.92 Å². The Morgan fingerprint density at radius 2 is 2.24 bits per heavy atom. The highest BCUT2D eigenvalue weighted by Gasteiger charge is 2.23. The van der Waals surface area contributed by atoms with Crippen molar-refractivity contribution < 1.29 is 4.79 Å². The summed E-state index contributed by atoms with van der Waals surface area (Å²) >= 11 is 1.31. The molecule has 0 bridgehead atoms. The van der Waals surface area contributed by atoms with E-state index < -0.39 is 0 Å². The van der Waals surface area contributed by atoms with Crippen LogP contribution < -0.4 is 5.56 Å². The second kappa shape index (κ2) is 7.11. The van der Waals surface area contributed by atoms with Crippen LogP contribution in [0.5, 0.6) is 0 Å². The number of H-pyrrole nitrogens is 1. The molecule has 1 N–H and O–H groups in total. The van der Waals surface area contributed by atoms with E-state index in [1.807, 2.05) is 18.7 Å². The third kappa shape index (κ3) is 3.87. The Morgan fingerprint density at radius 1 is 1.48 bits per heavy atom. The lowest BCUT2D eigenvalue weighted by atomic mass is 10.0. The number of thioether (sulfide) groups is 1. The number of nitrogens with one attached hydrogen (secondary N) is 1. The topological polar surface area (TPSA) is 66.1 Å². The lowest BCUT2D eigenvalue weighted by Gasteiger charge is -2.33. The highest BCUT2D eigenvalue weighted by Crippen LogP contribution is 2.19. The molecule has 0 unspecified atom stereocenters. The first kappa shape index (κ1) is 16.1. The van der Waals surface area contributed by atoms with Gasteiger partial charge in [0.05, 0.1) is 5.75 Å². The maximum absolute atomic E-state index is 12.3. The van der Waals surface area contributed by atoms with Gasteiger partial charge in [-0.1, -0.05) is 18.7 Å². The maximum atomic E-state index is 12.3. The van der Waals surface area contributed by atoms with Gasteiger partial charge in [-0.2, -0.15) is 0 Å². The Labute approximate surface area is 129 Å². The van der Waals surface area contributed by atoms with Gasteiger partial charge in [0, 0.05) is 23.8 Å². The van der Waals surface area contributed by atoms with Crippen LogP contribution >= 0.6 is 11.8 Å². The van der Waals surface area contributed by atoms with Crippen LogP contribution in [0.1, 0.15) is 44.4 Å². The van der Waals surface area contributed by atoms with Gasteiger partial charge in [0.15, 0.2) is 5.16 Å². The van der Waals surface area contributed by atoms with E-state index >= 15 is 0 Å². The van der Waals surface area contributed by atoms with E-state index in [-0.39, 0.29) is 11.5 Å². The molecule has 2 rings (SSSR count). The molecule has 0 aromatic carbocycles. The van der Waals surface area contributed by atoms with Gasteiger partial charge in [-0.3, -0.25) is 9.59 Å². The van der Waals surface area contributed by atoms with Crippen LogP contribution in [-0.4, -0.2) is 39.1 Å². The summed E-state index contributed by atoms with van der Waals surface area (Å²) in [6.07, 6.45) is 4.03. The average Bonchev–Trinajstić information content (AvgIpc) is 2.45. The first-order chi connectivity index (χ1) is 10.0. The third-order valence-electron chi connectivity index (χ3n) is 4.01. The summed E-state index contributed by atoms with van der Waals surface area (Å²) in [5.74, 6) is 0.463. The molecule has 21 heavy (non-hydrogen) atoms. The van der Waals surface area contributed by atoms with Crippen LogP contribution in [-0.2, 0) is 11.2 Å². The Balaban J connectivity index is 1.99. The molecule has 1 aliphatic rings. The number of hydrogen-bond acceptors (Lipinski definition) is 4. The van der Waals surface area contributed by atoms with Crippen molar-refractivity contribution in [2.75, 3.05) is 12.3 Å². The monoisotopic (exact) mass is 309 g/mol. The molecule has 0 radical (unpaired) electrons. The van der Waals surface area contributed by atoms with Crippen LogP contribution in [0.25, 0.3) is 0 Å². The van der Waals surface area contributed by atoms with Crippen LogP contribution in [0.15, 0.2) is 9.95 Å². The van der Waals surface area contributed by atoms with Gasteiger partial charge in [-0.25, -0.2) is 4.98 Å².